The molecule has 0 aliphatic carbocycles. The second-order valence-corrected chi connectivity index (χ2v) is 6.91. The van der Waals surface area contributed by atoms with Gasteiger partial charge >= 0.3 is 0 Å². The summed E-state index contributed by atoms with van der Waals surface area (Å²) in [6.45, 7) is 0.379. The molecule has 0 aliphatic heterocycles. The van der Waals surface area contributed by atoms with Crippen molar-refractivity contribution in [2.45, 2.75) is 6.54 Å². The van der Waals surface area contributed by atoms with Gasteiger partial charge in [0.1, 0.15) is 10.6 Å². The molecule has 0 atom stereocenters. The summed E-state index contributed by atoms with van der Waals surface area (Å²) >= 11 is 18.3. The van der Waals surface area contributed by atoms with Crippen LogP contribution in [0.4, 0.5) is 5.82 Å². The lowest BCUT2D eigenvalue weighted by Crippen LogP contribution is -2.13. The van der Waals surface area contributed by atoms with Crippen molar-refractivity contribution >= 4 is 52.2 Å². The number of carbonyl (C=O) groups is 1. The van der Waals surface area contributed by atoms with E-state index in [-0.39, 0.29) is 5.82 Å². The molecule has 0 fully saturated rings. The molecular formula is C17H11Cl3N6O. The number of nitrogens with zero attached hydrogens (tertiary/aromatic N) is 5. The molecule has 0 saturated heterocycles. The fraction of sp³-hybridized carbons (Fsp3) is 0.0588. The number of rotatable bonds is 4. The Hall–Kier alpha value is -2.61. The number of hydrogen-bond donors (Lipinski definition) is 1. The van der Waals surface area contributed by atoms with Crippen molar-refractivity contribution in [1.82, 2.24) is 24.4 Å². The molecule has 136 valence electrons. The van der Waals surface area contributed by atoms with Gasteiger partial charge in [-0.1, -0.05) is 40.9 Å². The SMILES string of the molecule is O=C(Nc1nn(Cc2ccc(Cl)cc2Cl)cc1Cl)c1cnn2cccnc12. The molecule has 3 heterocycles. The van der Waals surface area contributed by atoms with Gasteiger partial charge in [-0.05, 0) is 23.8 Å². The largest absolute Gasteiger partial charge is 0.304 e. The quantitative estimate of drug-likeness (QED) is 0.536. The van der Waals surface area contributed by atoms with Crippen LogP contribution in [0.25, 0.3) is 5.65 Å². The molecule has 27 heavy (non-hydrogen) atoms. The molecule has 0 radical (unpaired) electrons. The minimum Gasteiger partial charge on any atom is -0.304 e. The van der Waals surface area contributed by atoms with Gasteiger partial charge in [0.2, 0.25) is 0 Å². The van der Waals surface area contributed by atoms with Crippen LogP contribution < -0.4 is 5.32 Å². The van der Waals surface area contributed by atoms with Crippen LogP contribution >= 0.6 is 34.8 Å². The minimum absolute atomic E-state index is 0.238. The van der Waals surface area contributed by atoms with Gasteiger partial charge in [0.05, 0.1) is 12.7 Å². The van der Waals surface area contributed by atoms with Gasteiger partial charge in [0.15, 0.2) is 11.5 Å². The number of nitrogens with one attached hydrogen (secondary N) is 1. The van der Waals surface area contributed by atoms with E-state index >= 15 is 0 Å². The second-order valence-electron chi connectivity index (χ2n) is 5.66. The summed E-state index contributed by atoms with van der Waals surface area (Å²) in [6, 6.07) is 6.93. The molecule has 4 rings (SSSR count). The van der Waals surface area contributed by atoms with Crippen LogP contribution in [0.3, 0.4) is 0 Å². The number of fused-ring (bicyclic) bond motifs is 1. The van der Waals surface area contributed by atoms with Crippen molar-refractivity contribution in [3.8, 4) is 0 Å². The zero-order valence-electron chi connectivity index (χ0n) is 13.6. The summed E-state index contributed by atoms with van der Waals surface area (Å²) in [5.74, 6) is -0.164. The molecule has 3 aromatic heterocycles. The highest BCUT2D eigenvalue weighted by molar-refractivity contribution is 6.35. The smallest absolute Gasteiger partial charge is 0.262 e. The van der Waals surface area contributed by atoms with Gasteiger partial charge in [-0.3, -0.25) is 9.48 Å². The van der Waals surface area contributed by atoms with Gasteiger partial charge in [0.25, 0.3) is 5.91 Å². The molecule has 0 saturated carbocycles. The molecule has 1 N–H and O–H groups in total. The van der Waals surface area contributed by atoms with Crippen molar-refractivity contribution in [1.29, 1.82) is 0 Å². The van der Waals surface area contributed by atoms with Gasteiger partial charge in [-0.25, -0.2) is 9.50 Å². The third-order valence-corrected chi connectivity index (χ3v) is 4.68. The highest BCUT2D eigenvalue weighted by atomic mass is 35.5. The Morgan fingerprint density at radius 1 is 1.19 bits per heavy atom. The summed E-state index contributed by atoms with van der Waals surface area (Å²) in [5, 5.41) is 12.5. The Morgan fingerprint density at radius 3 is 2.85 bits per heavy atom. The van der Waals surface area contributed by atoms with Crippen molar-refractivity contribution in [2.75, 3.05) is 5.32 Å². The molecule has 10 heteroatoms. The van der Waals surface area contributed by atoms with Crippen LogP contribution in [0.1, 0.15) is 15.9 Å². The Morgan fingerprint density at radius 2 is 2.04 bits per heavy atom. The first-order valence-corrected chi connectivity index (χ1v) is 8.91. The van der Waals surface area contributed by atoms with Gasteiger partial charge in [0, 0.05) is 28.6 Å². The van der Waals surface area contributed by atoms with E-state index < -0.39 is 5.91 Å². The third kappa shape index (κ3) is 3.62. The van der Waals surface area contributed by atoms with E-state index in [0.29, 0.717) is 32.8 Å². The van der Waals surface area contributed by atoms with E-state index in [2.05, 4.69) is 20.5 Å². The molecular weight excluding hydrogens is 411 g/mol. The van der Waals surface area contributed by atoms with Gasteiger partial charge in [-0.15, -0.1) is 0 Å². The Balaban J connectivity index is 1.55. The maximum absolute atomic E-state index is 12.6. The average Bonchev–Trinajstić information content (AvgIpc) is 3.21. The normalized spacial score (nSPS) is 11.1. The van der Waals surface area contributed by atoms with Gasteiger partial charge < -0.3 is 5.32 Å². The van der Waals surface area contributed by atoms with E-state index in [1.54, 1.807) is 41.5 Å². The van der Waals surface area contributed by atoms with Crippen molar-refractivity contribution in [2.24, 2.45) is 0 Å². The fourth-order valence-corrected chi connectivity index (χ4v) is 3.22. The lowest BCUT2D eigenvalue weighted by Gasteiger charge is -2.05. The molecule has 7 nitrogen and oxygen atoms in total. The third-order valence-electron chi connectivity index (χ3n) is 3.82. The van der Waals surface area contributed by atoms with Crippen molar-refractivity contribution in [3.63, 3.8) is 0 Å². The average molecular weight is 422 g/mol. The monoisotopic (exact) mass is 420 g/mol. The highest BCUT2D eigenvalue weighted by Gasteiger charge is 2.17. The zero-order valence-corrected chi connectivity index (χ0v) is 15.9. The van der Waals surface area contributed by atoms with E-state index in [1.807, 2.05) is 6.07 Å². The number of carbonyl (C=O) groups excluding carboxylic acids is 1. The van der Waals surface area contributed by atoms with E-state index in [0.717, 1.165) is 5.56 Å². The second kappa shape index (κ2) is 7.19. The molecule has 4 aromatic rings. The molecule has 0 spiro atoms. The van der Waals surface area contributed by atoms with E-state index in [4.69, 9.17) is 34.8 Å². The first-order valence-electron chi connectivity index (χ1n) is 7.78. The topological polar surface area (TPSA) is 77.1 Å². The molecule has 0 aliphatic rings. The Bertz CT molecular complexity index is 1150. The maximum atomic E-state index is 12.6. The van der Waals surface area contributed by atoms with E-state index in [9.17, 15) is 4.79 Å². The van der Waals surface area contributed by atoms with Crippen LogP contribution in [-0.4, -0.2) is 30.3 Å². The maximum Gasteiger partial charge on any atom is 0.262 e. The standard InChI is InChI=1S/C17H11Cl3N6O/c18-11-3-2-10(13(19)6-11)8-25-9-14(20)15(24-25)23-17(27)12-7-22-26-5-1-4-21-16(12)26/h1-7,9H,8H2,(H,23,24,27). The zero-order chi connectivity index (χ0) is 19.0. The fourth-order valence-electron chi connectivity index (χ4n) is 2.55. The molecule has 0 bridgehead atoms. The number of anilines is 1. The van der Waals surface area contributed by atoms with Crippen LogP contribution in [0, 0.1) is 0 Å². The van der Waals surface area contributed by atoms with Gasteiger partial charge in [-0.2, -0.15) is 10.2 Å². The lowest BCUT2D eigenvalue weighted by molar-refractivity contribution is 0.102. The highest BCUT2D eigenvalue weighted by Crippen LogP contribution is 2.24. The summed E-state index contributed by atoms with van der Waals surface area (Å²) in [4.78, 5) is 16.7. The first kappa shape index (κ1) is 17.8. The number of halogens is 3. The summed E-state index contributed by atoms with van der Waals surface area (Å²) in [5.41, 5.74) is 1.59. The van der Waals surface area contributed by atoms with Crippen molar-refractivity contribution < 1.29 is 4.79 Å². The predicted octanol–water partition coefficient (Wildman–Crippen LogP) is 4.19. The van der Waals surface area contributed by atoms with Crippen LogP contribution in [-0.2, 0) is 6.54 Å². The predicted molar refractivity (Wildman–Crippen MR) is 104 cm³/mol. The Kier molecular flexibility index (Phi) is 4.73. The minimum atomic E-state index is -0.402. The Labute approximate surface area is 168 Å². The number of hydrogen-bond acceptors (Lipinski definition) is 4. The van der Waals surface area contributed by atoms with Crippen LogP contribution in [0.5, 0.6) is 0 Å². The summed E-state index contributed by atoms with van der Waals surface area (Å²) in [6.07, 6.45) is 6.34. The number of aromatic nitrogens is 5. The summed E-state index contributed by atoms with van der Waals surface area (Å²) < 4.78 is 3.10. The molecule has 1 aromatic carbocycles. The van der Waals surface area contributed by atoms with Crippen LogP contribution in [0.15, 0.2) is 49.1 Å². The lowest BCUT2D eigenvalue weighted by atomic mass is 10.2. The first-order chi connectivity index (χ1) is 13.0. The van der Waals surface area contributed by atoms with E-state index in [1.165, 1.54) is 10.7 Å². The molecule has 0 unspecified atom stereocenters. The van der Waals surface area contributed by atoms with Crippen LogP contribution in [0.2, 0.25) is 15.1 Å². The number of benzene rings is 1. The number of amides is 1. The summed E-state index contributed by atoms with van der Waals surface area (Å²) in [7, 11) is 0. The molecule has 1 amide bonds. The van der Waals surface area contributed by atoms with Crippen molar-refractivity contribution in [3.05, 3.63) is 75.2 Å².